The largest absolute Gasteiger partial charge is 0.494 e. The van der Waals surface area contributed by atoms with E-state index in [-0.39, 0.29) is 11.8 Å². The van der Waals surface area contributed by atoms with Crippen molar-refractivity contribution < 1.29 is 9.90 Å². The molecule has 0 fully saturated rings. The van der Waals surface area contributed by atoms with Crippen LogP contribution in [-0.2, 0) is 13.0 Å². The summed E-state index contributed by atoms with van der Waals surface area (Å²) < 4.78 is 2.29. The Kier molecular flexibility index (Phi) is 5.26. The van der Waals surface area contributed by atoms with Gasteiger partial charge in [-0.05, 0) is 35.4 Å². The Balaban J connectivity index is 1.62. The van der Waals surface area contributed by atoms with E-state index in [2.05, 4.69) is 11.4 Å². The molecule has 1 amide bonds. The van der Waals surface area contributed by atoms with Crippen molar-refractivity contribution in [2.45, 2.75) is 13.0 Å². The molecule has 7 heteroatoms. The summed E-state index contributed by atoms with van der Waals surface area (Å²) in [7, 11) is 0. The van der Waals surface area contributed by atoms with Crippen LogP contribution in [0.1, 0.15) is 20.8 Å². The number of hydrogen-bond acceptors (Lipinski definition) is 4. The van der Waals surface area contributed by atoms with Crippen molar-refractivity contribution >= 4 is 45.3 Å². The van der Waals surface area contributed by atoms with E-state index in [0.717, 1.165) is 16.5 Å². The Hall–Kier alpha value is -3.27. The summed E-state index contributed by atoms with van der Waals surface area (Å²) in [6.45, 7) is 0.473. The second-order valence-electron chi connectivity index (χ2n) is 6.56. The van der Waals surface area contributed by atoms with E-state index >= 15 is 0 Å². The fraction of sp³-hybridized carbons (Fsp3) is 0.0909. The molecule has 0 spiro atoms. The summed E-state index contributed by atoms with van der Waals surface area (Å²) in [5.41, 5.74) is 2.58. The van der Waals surface area contributed by atoms with Gasteiger partial charge in [-0.1, -0.05) is 41.9 Å². The molecule has 2 aromatic heterocycles. The first kappa shape index (κ1) is 19.1. The monoisotopic (exact) mass is 421 g/mol. The molecule has 0 aliphatic heterocycles. The van der Waals surface area contributed by atoms with Gasteiger partial charge in [0, 0.05) is 17.0 Å². The Morgan fingerprint density at radius 1 is 1.10 bits per heavy atom. The van der Waals surface area contributed by atoms with Crippen molar-refractivity contribution in [2.75, 3.05) is 5.32 Å². The van der Waals surface area contributed by atoms with Crippen molar-refractivity contribution in [1.82, 2.24) is 4.57 Å². The van der Waals surface area contributed by atoms with E-state index in [9.17, 15) is 9.90 Å². The van der Waals surface area contributed by atoms with Crippen molar-refractivity contribution in [1.29, 1.82) is 5.26 Å². The van der Waals surface area contributed by atoms with Gasteiger partial charge in [0.1, 0.15) is 0 Å². The van der Waals surface area contributed by atoms with E-state index in [1.54, 1.807) is 28.8 Å². The molecule has 4 rings (SSSR count). The SMILES string of the molecule is N#CCc1ccc(Cn2cc3c(NC(=O)c4ccc(Cl)s4)cccc3c2O)cc1. The van der Waals surface area contributed by atoms with Crippen LogP contribution in [-0.4, -0.2) is 15.6 Å². The van der Waals surface area contributed by atoms with Gasteiger partial charge in [-0.25, -0.2) is 0 Å². The number of nitriles is 1. The van der Waals surface area contributed by atoms with Gasteiger partial charge >= 0.3 is 0 Å². The lowest BCUT2D eigenvalue weighted by Crippen LogP contribution is -2.10. The zero-order chi connectivity index (χ0) is 20.4. The number of nitrogens with zero attached hydrogens (tertiary/aromatic N) is 2. The Labute approximate surface area is 176 Å². The number of aromatic nitrogens is 1. The molecule has 0 saturated carbocycles. The summed E-state index contributed by atoms with van der Waals surface area (Å²) in [6, 6.07) is 18.6. The Morgan fingerprint density at radius 2 is 1.86 bits per heavy atom. The first-order valence-corrected chi connectivity index (χ1v) is 10.1. The van der Waals surface area contributed by atoms with Crippen LogP contribution in [0.3, 0.4) is 0 Å². The minimum atomic E-state index is -0.241. The maximum atomic E-state index is 12.5. The number of nitrogens with one attached hydrogen (secondary N) is 1. The Bertz CT molecular complexity index is 1240. The van der Waals surface area contributed by atoms with Crippen LogP contribution in [0, 0.1) is 11.3 Å². The summed E-state index contributed by atoms with van der Waals surface area (Å²) in [6.07, 6.45) is 2.20. The highest BCUT2D eigenvalue weighted by Crippen LogP contribution is 2.33. The molecular formula is C22H16ClN3O2S. The summed E-state index contributed by atoms with van der Waals surface area (Å²) in [5, 5.41) is 23.8. The minimum absolute atomic E-state index is 0.136. The van der Waals surface area contributed by atoms with E-state index in [1.165, 1.54) is 11.3 Å². The number of halogens is 1. The van der Waals surface area contributed by atoms with Crippen LogP contribution in [0.4, 0.5) is 5.69 Å². The molecule has 0 saturated heterocycles. The third kappa shape index (κ3) is 3.97. The van der Waals surface area contributed by atoms with Gasteiger partial charge in [-0.15, -0.1) is 11.3 Å². The Morgan fingerprint density at radius 3 is 2.55 bits per heavy atom. The fourth-order valence-corrected chi connectivity index (χ4v) is 4.11. The minimum Gasteiger partial charge on any atom is -0.494 e. The van der Waals surface area contributed by atoms with Crippen molar-refractivity contribution in [2.24, 2.45) is 0 Å². The highest BCUT2D eigenvalue weighted by atomic mass is 35.5. The first-order valence-electron chi connectivity index (χ1n) is 8.87. The van der Waals surface area contributed by atoms with E-state index in [4.69, 9.17) is 16.9 Å². The molecule has 144 valence electrons. The van der Waals surface area contributed by atoms with Gasteiger partial charge in [0.15, 0.2) is 5.88 Å². The molecular weight excluding hydrogens is 406 g/mol. The molecule has 0 bridgehead atoms. The van der Waals surface area contributed by atoms with Crippen molar-refractivity contribution in [3.05, 3.63) is 81.1 Å². The maximum absolute atomic E-state index is 12.5. The molecule has 0 unspecified atom stereocenters. The van der Waals surface area contributed by atoms with Gasteiger partial charge in [0.25, 0.3) is 5.91 Å². The number of fused-ring (bicyclic) bond motifs is 1. The molecule has 4 aromatic rings. The van der Waals surface area contributed by atoms with Gasteiger partial charge in [0.05, 0.1) is 33.9 Å². The summed E-state index contributed by atoms with van der Waals surface area (Å²) >= 11 is 7.13. The van der Waals surface area contributed by atoms with Crippen LogP contribution < -0.4 is 5.32 Å². The number of amides is 1. The zero-order valence-electron chi connectivity index (χ0n) is 15.2. The second-order valence-corrected chi connectivity index (χ2v) is 8.27. The highest BCUT2D eigenvalue weighted by Gasteiger charge is 2.15. The predicted octanol–water partition coefficient (Wildman–Crippen LogP) is 5.43. The van der Waals surface area contributed by atoms with Crippen molar-refractivity contribution in [3.8, 4) is 11.9 Å². The molecule has 0 radical (unpaired) electrons. The van der Waals surface area contributed by atoms with Crippen LogP contribution >= 0.6 is 22.9 Å². The molecule has 2 N–H and O–H groups in total. The number of aromatic hydroxyl groups is 1. The van der Waals surface area contributed by atoms with E-state index in [1.807, 2.05) is 36.5 Å². The molecule has 2 aromatic carbocycles. The van der Waals surface area contributed by atoms with Gasteiger partial charge < -0.3 is 15.0 Å². The smallest absolute Gasteiger partial charge is 0.265 e. The normalized spacial score (nSPS) is 10.8. The van der Waals surface area contributed by atoms with Crippen LogP contribution in [0.15, 0.2) is 60.8 Å². The average molecular weight is 422 g/mol. The third-order valence-electron chi connectivity index (χ3n) is 4.61. The molecule has 29 heavy (non-hydrogen) atoms. The van der Waals surface area contributed by atoms with Crippen LogP contribution in [0.2, 0.25) is 4.34 Å². The number of benzene rings is 2. The number of anilines is 1. The van der Waals surface area contributed by atoms with Crippen molar-refractivity contribution in [3.63, 3.8) is 0 Å². The number of rotatable bonds is 5. The standard InChI is InChI=1S/C22H16ClN3O2S/c23-20-9-8-19(29-20)21(27)25-18-3-1-2-16-17(18)13-26(22(16)28)12-15-6-4-14(5-7-15)10-11-24/h1-9,13,28H,10,12H2,(H,25,27). The van der Waals surface area contributed by atoms with Gasteiger partial charge in [-0.2, -0.15) is 5.26 Å². The van der Waals surface area contributed by atoms with E-state index in [0.29, 0.717) is 33.3 Å². The topological polar surface area (TPSA) is 78.0 Å². The van der Waals surface area contributed by atoms with Crippen LogP contribution in [0.25, 0.3) is 10.8 Å². The molecule has 0 aliphatic carbocycles. The van der Waals surface area contributed by atoms with Gasteiger partial charge in [-0.3, -0.25) is 4.79 Å². The summed E-state index contributed by atoms with van der Waals surface area (Å²) in [5.74, 6) is -0.105. The molecule has 0 aliphatic rings. The fourth-order valence-electron chi connectivity index (χ4n) is 3.17. The highest BCUT2D eigenvalue weighted by molar-refractivity contribution is 7.18. The molecule has 0 atom stereocenters. The first-order chi connectivity index (χ1) is 14.0. The maximum Gasteiger partial charge on any atom is 0.265 e. The molecule has 2 heterocycles. The lowest BCUT2D eigenvalue weighted by molar-refractivity contribution is 0.103. The number of hydrogen-bond donors (Lipinski definition) is 2. The number of carbonyl (C=O) groups is 1. The number of thiophene rings is 1. The predicted molar refractivity (Wildman–Crippen MR) is 116 cm³/mol. The molecule has 5 nitrogen and oxygen atoms in total. The van der Waals surface area contributed by atoms with Gasteiger partial charge in [0.2, 0.25) is 0 Å². The lowest BCUT2D eigenvalue weighted by Gasteiger charge is -2.05. The quantitative estimate of drug-likeness (QED) is 0.451. The van der Waals surface area contributed by atoms with E-state index < -0.39 is 0 Å². The zero-order valence-corrected chi connectivity index (χ0v) is 16.8. The second kappa shape index (κ2) is 8.00. The van der Waals surface area contributed by atoms with Crippen LogP contribution in [0.5, 0.6) is 5.88 Å². The summed E-state index contributed by atoms with van der Waals surface area (Å²) in [4.78, 5) is 13.0. The average Bonchev–Trinajstić information content (AvgIpc) is 3.28. The number of carbonyl (C=O) groups excluding carboxylic acids is 1. The third-order valence-corrected chi connectivity index (χ3v) is 5.84. The lowest BCUT2D eigenvalue weighted by atomic mass is 10.1.